The quantitative estimate of drug-likeness (QED) is 0.596. The molecule has 0 aliphatic carbocycles. The topological polar surface area (TPSA) is 113 Å². The Labute approximate surface area is 104 Å². The van der Waals surface area contributed by atoms with Gasteiger partial charge in [-0.3, -0.25) is 14.4 Å². The monoisotopic (exact) mass is 259 g/mol. The molecule has 1 aliphatic rings. The minimum atomic E-state index is -1.32. The van der Waals surface area contributed by atoms with E-state index in [4.69, 9.17) is 14.9 Å². The van der Waals surface area contributed by atoms with Gasteiger partial charge in [-0.05, 0) is 20.8 Å². The number of rotatable bonds is 3. The molecule has 1 heterocycles. The van der Waals surface area contributed by atoms with Gasteiger partial charge < -0.3 is 20.3 Å². The van der Waals surface area contributed by atoms with Crippen molar-refractivity contribution in [2.75, 3.05) is 6.54 Å². The van der Waals surface area contributed by atoms with Crippen LogP contribution in [0.4, 0.5) is 0 Å². The summed E-state index contributed by atoms with van der Waals surface area (Å²) in [5.74, 6) is -5.72. The molecule has 0 aromatic carbocycles. The molecule has 7 nitrogen and oxygen atoms in total. The van der Waals surface area contributed by atoms with E-state index in [1.54, 1.807) is 20.8 Å². The summed E-state index contributed by atoms with van der Waals surface area (Å²) in [4.78, 5) is 33.8. The maximum Gasteiger partial charge on any atom is 0.324 e. The van der Waals surface area contributed by atoms with Gasteiger partial charge in [-0.15, -0.1) is 0 Å². The number of ether oxygens (including phenoxy) is 1. The van der Waals surface area contributed by atoms with Crippen LogP contribution in [-0.2, 0) is 19.1 Å². The summed E-state index contributed by atoms with van der Waals surface area (Å²) in [7, 11) is 0. The second kappa shape index (κ2) is 4.93. The highest BCUT2D eigenvalue weighted by Crippen LogP contribution is 2.25. The number of nitrogens with one attached hydrogen (secondary N) is 1. The molecule has 18 heavy (non-hydrogen) atoms. The number of hydrogen-bond acceptors (Lipinski definition) is 5. The molecular formula is C11H17NO6. The molecule has 0 aromatic heterocycles. The molecule has 0 spiro atoms. The Kier molecular flexibility index (Phi) is 3.95. The lowest BCUT2D eigenvalue weighted by atomic mass is 9.90. The van der Waals surface area contributed by atoms with Gasteiger partial charge in [0.2, 0.25) is 0 Å². The number of carbonyl (C=O) groups excluding carboxylic acids is 1. The lowest BCUT2D eigenvalue weighted by molar-refractivity contribution is -0.163. The Hall–Kier alpha value is -1.63. The van der Waals surface area contributed by atoms with Crippen LogP contribution in [-0.4, -0.2) is 46.3 Å². The van der Waals surface area contributed by atoms with Crippen molar-refractivity contribution in [1.29, 1.82) is 0 Å². The largest absolute Gasteiger partial charge is 0.481 e. The molecule has 7 heteroatoms. The molecule has 0 radical (unpaired) electrons. The van der Waals surface area contributed by atoms with Crippen molar-refractivity contribution < 1.29 is 29.3 Å². The van der Waals surface area contributed by atoms with Gasteiger partial charge in [0.1, 0.15) is 11.6 Å². The molecule has 3 atom stereocenters. The van der Waals surface area contributed by atoms with E-state index in [2.05, 4.69) is 5.32 Å². The Bertz CT molecular complexity index is 372. The standard InChI is InChI=1S/C11H17NO6/c1-11(2,3)18-10(17)7-6(9(15)16)5(4-12-7)8(13)14/h5-7,12H,4H2,1-3H3,(H,13,14)(H,15,16). The third-order valence-electron chi connectivity index (χ3n) is 2.61. The molecule has 3 unspecified atom stereocenters. The van der Waals surface area contributed by atoms with Crippen molar-refractivity contribution in [3.8, 4) is 0 Å². The average Bonchev–Trinajstić information content (AvgIpc) is 2.58. The van der Waals surface area contributed by atoms with E-state index in [1.807, 2.05) is 0 Å². The van der Waals surface area contributed by atoms with Crippen molar-refractivity contribution >= 4 is 17.9 Å². The summed E-state index contributed by atoms with van der Waals surface area (Å²) in [5.41, 5.74) is -0.747. The third-order valence-corrected chi connectivity index (χ3v) is 2.61. The van der Waals surface area contributed by atoms with E-state index in [0.29, 0.717) is 0 Å². The summed E-state index contributed by atoms with van der Waals surface area (Å²) in [6, 6.07) is -1.12. The highest BCUT2D eigenvalue weighted by atomic mass is 16.6. The molecule has 1 saturated heterocycles. The maximum absolute atomic E-state index is 11.8. The Morgan fingerprint density at radius 2 is 1.72 bits per heavy atom. The van der Waals surface area contributed by atoms with Gasteiger partial charge in [-0.2, -0.15) is 0 Å². The molecule has 0 bridgehead atoms. The molecule has 102 valence electrons. The van der Waals surface area contributed by atoms with E-state index in [0.717, 1.165) is 0 Å². The van der Waals surface area contributed by atoms with Crippen molar-refractivity contribution in [2.45, 2.75) is 32.4 Å². The van der Waals surface area contributed by atoms with E-state index in [-0.39, 0.29) is 6.54 Å². The number of carbonyl (C=O) groups is 3. The third kappa shape index (κ3) is 3.19. The van der Waals surface area contributed by atoms with Crippen LogP contribution in [0.5, 0.6) is 0 Å². The predicted octanol–water partition coefficient (Wildman–Crippen LogP) is -0.298. The van der Waals surface area contributed by atoms with Crippen LogP contribution in [0.1, 0.15) is 20.8 Å². The van der Waals surface area contributed by atoms with Crippen LogP contribution >= 0.6 is 0 Å². The molecular weight excluding hydrogens is 242 g/mol. The normalized spacial score (nSPS) is 27.8. The second-order valence-corrected chi connectivity index (χ2v) is 5.23. The van der Waals surface area contributed by atoms with Crippen molar-refractivity contribution in [3.63, 3.8) is 0 Å². The molecule has 0 amide bonds. The van der Waals surface area contributed by atoms with Crippen molar-refractivity contribution in [1.82, 2.24) is 5.32 Å². The predicted molar refractivity (Wildman–Crippen MR) is 59.9 cm³/mol. The highest BCUT2D eigenvalue weighted by Gasteiger charge is 2.49. The van der Waals surface area contributed by atoms with Crippen molar-refractivity contribution in [3.05, 3.63) is 0 Å². The summed E-state index contributed by atoms with van der Waals surface area (Å²) in [6.07, 6.45) is 0. The van der Waals surface area contributed by atoms with E-state index in [1.165, 1.54) is 0 Å². The lowest BCUT2D eigenvalue weighted by Crippen LogP contribution is -2.44. The molecule has 1 rings (SSSR count). The zero-order chi connectivity index (χ0) is 14.1. The summed E-state index contributed by atoms with van der Waals surface area (Å²) in [6.45, 7) is 4.91. The Morgan fingerprint density at radius 3 is 2.11 bits per heavy atom. The summed E-state index contributed by atoms with van der Waals surface area (Å²) >= 11 is 0. The van der Waals surface area contributed by atoms with E-state index < -0.39 is 41.4 Å². The molecule has 0 saturated carbocycles. The van der Waals surface area contributed by atoms with Gasteiger partial charge in [0.15, 0.2) is 0 Å². The van der Waals surface area contributed by atoms with Crippen LogP contribution in [0.25, 0.3) is 0 Å². The minimum Gasteiger partial charge on any atom is -0.481 e. The minimum absolute atomic E-state index is 0.0593. The maximum atomic E-state index is 11.8. The van der Waals surface area contributed by atoms with Crippen LogP contribution in [0, 0.1) is 11.8 Å². The Balaban J connectivity index is 2.86. The number of esters is 1. The Morgan fingerprint density at radius 1 is 1.17 bits per heavy atom. The zero-order valence-corrected chi connectivity index (χ0v) is 10.5. The SMILES string of the molecule is CC(C)(C)OC(=O)C1NCC(C(=O)O)C1C(=O)O. The first-order valence-corrected chi connectivity index (χ1v) is 5.55. The first-order chi connectivity index (χ1) is 8.13. The van der Waals surface area contributed by atoms with Crippen LogP contribution in [0.15, 0.2) is 0 Å². The lowest BCUT2D eigenvalue weighted by Gasteiger charge is -2.24. The average molecular weight is 259 g/mol. The second-order valence-electron chi connectivity index (χ2n) is 5.23. The first-order valence-electron chi connectivity index (χ1n) is 5.55. The number of aliphatic carboxylic acids is 2. The van der Waals surface area contributed by atoms with Crippen LogP contribution in [0.3, 0.4) is 0 Å². The summed E-state index contributed by atoms with van der Waals surface area (Å²) in [5, 5.41) is 20.6. The molecule has 1 aliphatic heterocycles. The van der Waals surface area contributed by atoms with Gasteiger partial charge in [-0.1, -0.05) is 0 Å². The van der Waals surface area contributed by atoms with Crippen molar-refractivity contribution in [2.24, 2.45) is 11.8 Å². The fourth-order valence-corrected chi connectivity index (χ4v) is 1.89. The number of hydrogen-bond donors (Lipinski definition) is 3. The van der Waals surface area contributed by atoms with Gasteiger partial charge >= 0.3 is 17.9 Å². The molecule has 1 fully saturated rings. The fraction of sp³-hybridized carbons (Fsp3) is 0.727. The van der Waals surface area contributed by atoms with Gasteiger partial charge in [0.25, 0.3) is 0 Å². The zero-order valence-electron chi connectivity index (χ0n) is 10.5. The van der Waals surface area contributed by atoms with Gasteiger partial charge in [0.05, 0.1) is 11.8 Å². The molecule has 0 aromatic rings. The number of carboxylic acid groups (broad SMARTS) is 2. The van der Waals surface area contributed by atoms with E-state index >= 15 is 0 Å². The number of carboxylic acids is 2. The smallest absolute Gasteiger partial charge is 0.324 e. The fourth-order valence-electron chi connectivity index (χ4n) is 1.89. The first kappa shape index (κ1) is 14.4. The van der Waals surface area contributed by atoms with Crippen LogP contribution in [0.2, 0.25) is 0 Å². The molecule has 3 N–H and O–H groups in total. The highest BCUT2D eigenvalue weighted by molar-refractivity contribution is 5.89. The van der Waals surface area contributed by atoms with Crippen LogP contribution < -0.4 is 5.32 Å². The van der Waals surface area contributed by atoms with Gasteiger partial charge in [-0.25, -0.2) is 0 Å². The van der Waals surface area contributed by atoms with E-state index in [9.17, 15) is 14.4 Å². The van der Waals surface area contributed by atoms with Gasteiger partial charge in [0, 0.05) is 6.54 Å². The summed E-state index contributed by atoms with van der Waals surface area (Å²) < 4.78 is 5.07.